The monoisotopic (exact) mass is 280 g/mol. The van der Waals surface area contributed by atoms with E-state index in [-0.39, 0.29) is 10.6 Å². The van der Waals surface area contributed by atoms with Crippen molar-refractivity contribution in [3.8, 4) is 0 Å². The highest BCUT2D eigenvalue weighted by Gasteiger charge is 2.21. The van der Waals surface area contributed by atoms with Crippen molar-refractivity contribution in [1.29, 1.82) is 0 Å². The number of amides is 1. The van der Waals surface area contributed by atoms with E-state index in [1.807, 2.05) is 0 Å². The van der Waals surface area contributed by atoms with Gasteiger partial charge in [-0.1, -0.05) is 0 Å². The van der Waals surface area contributed by atoms with Crippen LogP contribution >= 0.6 is 11.5 Å². The van der Waals surface area contributed by atoms with Crippen LogP contribution in [-0.4, -0.2) is 31.1 Å². The van der Waals surface area contributed by atoms with Gasteiger partial charge in [-0.05, 0) is 25.4 Å². The summed E-state index contributed by atoms with van der Waals surface area (Å²) in [6.07, 6.45) is 1.58. The molecule has 0 aliphatic carbocycles. The highest BCUT2D eigenvalue weighted by Crippen LogP contribution is 2.25. The molecule has 1 amide bonds. The number of hydrogen-bond donors (Lipinski definition) is 2. The second kappa shape index (κ2) is 4.81. The summed E-state index contributed by atoms with van der Waals surface area (Å²) in [5, 5.41) is 15.9. The third-order valence-electron chi connectivity index (χ3n) is 2.56. The molecule has 100 valence electrons. The SMILES string of the molecule is Cc1nn(C)cc1C(=O)Nc1snc(C)c1C(=O)O. The number of carboxylic acid groups (broad SMARTS) is 1. The molecule has 0 aliphatic heterocycles. The molecule has 0 fully saturated rings. The summed E-state index contributed by atoms with van der Waals surface area (Å²) in [5.74, 6) is -1.50. The molecule has 0 unspecified atom stereocenters. The first kappa shape index (κ1) is 13.2. The van der Waals surface area contributed by atoms with Crippen LogP contribution in [0, 0.1) is 13.8 Å². The molecule has 2 heterocycles. The number of anilines is 1. The average Bonchev–Trinajstić information content (AvgIpc) is 2.82. The normalized spacial score (nSPS) is 10.5. The number of carbonyl (C=O) groups is 2. The van der Waals surface area contributed by atoms with E-state index in [2.05, 4.69) is 14.8 Å². The molecule has 0 aliphatic rings. The number of nitrogens with one attached hydrogen (secondary N) is 1. The van der Waals surface area contributed by atoms with Crippen molar-refractivity contribution >= 4 is 28.4 Å². The van der Waals surface area contributed by atoms with E-state index in [4.69, 9.17) is 5.11 Å². The van der Waals surface area contributed by atoms with E-state index >= 15 is 0 Å². The molecule has 0 saturated carbocycles. The van der Waals surface area contributed by atoms with Gasteiger partial charge in [-0.15, -0.1) is 0 Å². The van der Waals surface area contributed by atoms with E-state index < -0.39 is 11.9 Å². The van der Waals surface area contributed by atoms with E-state index in [0.29, 0.717) is 17.0 Å². The molecule has 0 spiro atoms. The topological polar surface area (TPSA) is 97.1 Å². The highest BCUT2D eigenvalue weighted by molar-refractivity contribution is 7.11. The lowest BCUT2D eigenvalue weighted by Gasteiger charge is -2.02. The second-order valence-corrected chi connectivity index (χ2v) is 4.81. The molecule has 2 aromatic heterocycles. The summed E-state index contributed by atoms with van der Waals surface area (Å²) in [7, 11) is 1.71. The molecule has 0 saturated heterocycles. The van der Waals surface area contributed by atoms with Crippen LogP contribution in [0.5, 0.6) is 0 Å². The van der Waals surface area contributed by atoms with Gasteiger partial charge in [0.15, 0.2) is 0 Å². The van der Waals surface area contributed by atoms with Crippen molar-refractivity contribution in [2.24, 2.45) is 7.05 Å². The molecular formula is C11H12N4O3S. The number of carbonyl (C=O) groups excluding carboxylic acids is 1. The van der Waals surface area contributed by atoms with Gasteiger partial charge in [0.25, 0.3) is 5.91 Å². The minimum atomic E-state index is -1.11. The predicted molar refractivity (Wildman–Crippen MR) is 69.7 cm³/mol. The summed E-state index contributed by atoms with van der Waals surface area (Å²) < 4.78 is 5.47. The van der Waals surface area contributed by atoms with E-state index in [0.717, 1.165) is 11.5 Å². The standard InChI is InChI=1S/C11H12N4O3S/c1-5-7(4-15(3)13-5)9(16)12-10-8(11(17)18)6(2)14-19-10/h4H,1-3H3,(H,12,16)(H,17,18). The van der Waals surface area contributed by atoms with Crippen LogP contribution in [0.15, 0.2) is 6.20 Å². The maximum absolute atomic E-state index is 12.1. The van der Waals surface area contributed by atoms with Crippen molar-refractivity contribution < 1.29 is 14.7 Å². The Balaban J connectivity index is 2.29. The zero-order valence-corrected chi connectivity index (χ0v) is 11.4. The molecular weight excluding hydrogens is 268 g/mol. The van der Waals surface area contributed by atoms with Gasteiger partial charge < -0.3 is 10.4 Å². The molecule has 19 heavy (non-hydrogen) atoms. The van der Waals surface area contributed by atoms with Gasteiger partial charge >= 0.3 is 5.97 Å². The Kier molecular flexibility index (Phi) is 3.34. The Morgan fingerprint density at radius 2 is 2.05 bits per heavy atom. The maximum atomic E-state index is 12.1. The maximum Gasteiger partial charge on any atom is 0.340 e. The number of carboxylic acids is 1. The molecule has 0 atom stereocenters. The first-order chi connectivity index (χ1) is 8.90. The van der Waals surface area contributed by atoms with Gasteiger partial charge in [0.2, 0.25) is 0 Å². The summed E-state index contributed by atoms with van der Waals surface area (Å²) in [6.45, 7) is 3.30. The average molecular weight is 280 g/mol. The van der Waals surface area contributed by atoms with E-state index in [9.17, 15) is 9.59 Å². The number of aryl methyl sites for hydroxylation is 3. The first-order valence-corrected chi connectivity index (χ1v) is 6.18. The molecule has 2 rings (SSSR count). The summed E-state index contributed by atoms with van der Waals surface area (Å²) in [4.78, 5) is 23.1. The zero-order valence-electron chi connectivity index (χ0n) is 10.6. The molecule has 0 bridgehead atoms. The zero-order chi connectivity index (χ0) is 14.2. The van der Waals surface area contributed by atoms with Gasteiger partial charge in [-0.2, -0.15) is 9.47 Å². The fraction of sp³-hybridized carbons (Fsp3) is 0.273. The number of nitrogens with zero attached hydrogens (tertiary/aromatic N) is 3. The van der Waals surface area contributed by atoms with Gasteiger partial charge in [0, 0.05) is 13.2 Å². The second-order valence-electron chi connectivity index (χ2n) is 4.03. The largest absolute Gasteiger partial charge is 0.478 e. The lowest BCUT2D eigenvalue weighted by molar-refractivity contribution is 0.0697. The number of rotatable bonds is 3. The van der Waals surface area contributed by atoms with Gasteiger partial charge in [-0.3, -0.25) is 9.48 Å². The molecule has 8 heteroatoms. The summed E-state index contributed by atoms with van der Waals surface area (Å²) in [5.41, 5.74) is 1.40. The predicted octanol–water partition coefficient (Wildman–Crippen LogP) is 1.44. The van der Waals surface area contributed by atoms with E-state index in [1.54, 1.807) is 27.1 Å². The van der Waals surface area contributed by atoms with Crippen LogP contribution in [0.4, 0.5) is 5.00 Å². The lowest BCUT2D eigenvalue weighted by Crippen LogP contribution is -2.14. The summed E-state index contributed by atoms with van der Waals surface area (Å²) in [6, 6.07) is 0. The Morgan fingerprint density at radius 3 is 2.58 bits per heavy atom. The van der Waals surface area contributed by atoms with Crippen LogP contribution in [0.2, 0.25) is 0 Å². The smallest absolute Gasteiger partial charge is 0.340 e. The number of aromatic nitrogens is 3. The van der Waals surface area contributed by atoms with Crippen LogP contribution < -0.4 is 5.32 Å². The van der Waals surface area contributed by atoms with Crippen molar-refractivity contribution in [2.45, 2.75) is 13.8 Å². The van der Waals surface area contributed by atoms with Gasteiger partial charge in [0.05, 0.1) is 17.0 Å². The Morgan fingerprint density at radius 1 is 1.37 bits per heavy atom. The molecule has 2 aromatic rings. The van der Waals surface area contributed by atoms with Crippen LogP contribution in [0.3, 0.4) is 0 Å². The minimum Gasteiger partial charge on any atom is -0.478 e. The first-order valence-electron chi connectivity index (χ1n) is 5.41. The van der Waals surface area contributed by atoms with Gasteiger partial charge in [-0.25, -0.2) is 4.79 Å². The molecule has 7 nitrogen and oxygen atoms in total. The Labute approximate surface area is 113 Å². The quantitative estimate of drug-likeness (QED) is 0.886. The van der Waals surface area contributed by atoms with E-state index in [1.165, 1.54) is 4.68 Å². The van der Waals surface area contributed by atoms with Gasteiger partial charge in [0.1, 0.15) is 10.6 Å². The Bertz CT molecular complexity index is 659. The highest BCUT2D eigenvalue weighted by atomic mass is 32.1. The van der Waals surface area contributed by atoms with Crippen molar-refractivity contribution in [3.63, 3.8) is 0 Å². The lowest BCUT2D eigenvalue weighted by atomic mass is 10.2. The van der Waals surface area contributed by atoms with Crippen LogP contribution in [0.25, 0.3) is 0 Å². The third-order valence-corrected chi connectivity index (χ3v) is 3.42. The Hall–Kier alpha value is -2.22. The molecule has 2 N–H and O–H groups in total. The number of aromatic carboxylic acids is 1. The minimum absolute atomic E-state index is 0.0277. The molecule has 0 aromatic carbocycles. The summed E-state index contributed by atoms with van der Waals surface area (Å²) >= 11 is 0.950. The fourth-order valence-corrected chi connectivity index (χ4v) is 2.48. The fourth-order valence-electron chi connectivity index (χ4n) is 1.70. The van der Waals surface area contributed by atoms with Crippen molar-refractivity contribution in [3.05, 3.63) is 28.7 Å². The van der Waals surface area contributed by atoms with Crippen molar-refractivity contribution in [2.75, 3.05) is 5.32 Å². The van der Waals surface area contributed by atoms with Crippen LogP contribution in [0.1, 0.15) is 32.1 Å². The van der Waals surface area contributed by atoms with Crippen LogP contribution in [-0.2, 0) is 7.05 Å². The third kappa shape index (κ3) is 2.48. The van der Waals surface area contributed by atoms with Crippen molar-refractivity contribution in [1.82, 2.24) is 14.2 Å². The molecule has 0 radical (unpaired) electrons. The number of hydrogen-bond acceptors (Lipinski definition) is 5.